The third kappa shape index (κ3) is 6.33. The van der Waals surface area contributed by atoms with Gasteiger partial charge in [-0.05, 0) is 73.2 Å². The van der Waals surface area contributed by atoms with E-state index >= 15 is 0 Å². The molecule has 36 heavy (non-hydrogen) atoms. The lowest BCUT2D eigenvalue weighted by molar-refractivity contribution is -0.115. The van der Waals surface area contributed by atoms with Crippen LogP contribution in [-0.2, 0) is 4.79 Å². The van der Waals surface area contributed by atoms with Crippen molar-refractivity contribution in [1.29, 1.82) is 0 Å². The fourth-order valence-electron chi connectivity index (χ4n) is 3.39. The number of hydrogen-bond donors (Lipinski definition) is 1. The summed E-state index contributed by atoms with van der Waals surface area (Å²) in [4.78, 5) is 17.2. The summed E-state index contributed by atoms with van der Waals surface area (Å²) in [6.07, 6.45) is 0.289. The highest BCUT2D eigenvalue weighted by Crippen LogP contribution is 2.32. The SMILES string of the molecule is COc1ccc(-c2nnc(SCCC(=O)Nc3ccc(C)c(Cl)c3)nc2-c2ccc(OC)cc2)cc1. The van der Waals surface area contributed by atoms with Gasteiger partial charge in [0, 0.05) is 34.0 Å². The van der Waals surface area contributed by atoms with Crippen molar-refractivity contribution in [2.75, 3.05) is 25.3 Å². The second kappa shape index (κ2) is 11.9. The molecule has 0 spiro atoms. The molecule has 4 aromatic rings. The number of methoxy groups -OCH3 is 2. The lowest BCUT2D eigenvalue weighted by Gasteiger charge is -2.11. The van der Waals surface area contributed by atoms with Gasteiger partial charge in [-0.1, -0.05) is 29.4 Å². The van der Waals surface area contributed by atoms with E-state index in [1.807, 2.05) is 67.6 Å². The number of aryl methyl sites for hydroxylation is 1. The number of thioether (sulfide) groups is 1. The second-order valence-corrected chi connectivity index (χ2v) is 9.33. The van der Waals surface area contributed by atoms with Crippen LogP contribution in [0.3, 0.4) is 0 Å². The Morgan fingerprint density at radius 2 is 1.50 bits per heavy atom. The van der Waals surface area contributed by atoms with Gasteiger partial charge in [-0.2, -0.15) is 0 Å². The van der Waals surface area contributed by atoms with E-state index in [1.54, 1.807) is 20.3 Å². The van der Waals surface area contributed by atoms with Crippen molar-refractivity contribution in [3.8, 4) is 34.0 Å². The van der Waals surface area contributed by atoms with Gasteiger partial charge < -0.3 is 14.8 Å². The van der Waals surface area contributed by atoms with Crippen LogP contribution in [0.4, 0.5) is 5.69 Å². The normalized spacial score (nSPS) is 10.7. The number of nitrogens with zero attached hydrogens (tertiary/aromatic N) is 3. The van der Waals surface area contributed by atoms with Gasteiger partial charge >= 0.3 is 0 Å². The van der Waals surface area contributed by atoms with Crippen molar-refractivity contribution in [2.45, 2.75) is 18.5 Å². The zero-order valence-electron chi connectivity index (χ0n) is 20.1. The molecule has 1 amide bonds. The van der Waals surface area contributed by atoms with Crippen LogP contribution < -0.4 is 14.8 Å². The number of hydrogen-bond acceptors (Lipinski definition) is 7. The van der Waals surface area contributed by atoms with Crippen molar-refractivity contribution in [2.24, 2.45) is 0 Å². The van der Waals surface area contributed by atoms with E-state index in [1.165, 1.54) is 11.8 Å². The molecule has 0 radical (unpaired) electrons. The Balaban J connectivity index is 1.51. The number of carbonyl (C=O) groups is 1. The Labute approximate surface area is 219 Å². The summed E-state index contributed by atoms with van der Waals surface area (Å²) in [7, 11) is 3.25. The summed E-state index contributed by atoms with van der Waals surface area (Å²) in [6, 6.07) is 20.7. The minimum absolute atomic E-state index is 0.111. The van der Waals surface area contributed by atoms with E-state index in [2.05, 4.69) is 15.5 Å². The van der Waals surface area contributed by atoms with Gasteiger partial charge in [0.05, 0.1) is 14.2 Å². The molecule has 0 aliphatic rings. The molecule has 1 heterocycles. The third-order valence-corrected chi connectivity index (χ3v) is 6.66. The Bertz CT molecular complexity index is 1350. The van der Waals surface area contributed by atoms with Crippen LogP contribution in [0.1, 0.15) is 12.0 Å². The number of nitrogens with one attached hydrogen (secondary N) is 1. The first-order chi connectivity index (χ1) is 17.5. The zero-order valence-corrected chi connectivity index (χ0v) is 21.7. The summed E-state index contributed by atoms with van der Waals surface area (Å²) < 4.78 is 10.6. The molecule has 0 atom stereocenters. The number of carbonyl (C=O) groups excluding carboxylic acids is 1. The number of amides is 1. The smallest absolute Gasteiger partial charge is 0.225 e. The van der Waals surface area contributed by atoms with E-state index in [0.717, 1.165) is 28.2 Å². The van der Waals surface area contributed by atoms with Crippen LogP contribution in [-0.4, -0.2) is 41.1 Å². The molecule has 0 fully saturated rings. The molecule has 0 bridgehead atoms. The number of halogens is 1. The topological polar surface area (TPSA) is 86.2 Å². The van der Waals surface area contributed by atoms with Crippen molar-refractivity contribution >= 4 is 35.0 Å². The molecule has 0 saturated heterocycles. The molecule has 0 unspecified atom stereocenters. The second-order valence-electron chi connectivity index (χ2n) is 7.86. The van der Waals surface area contributed by atoms with Crippen LogP contribution in [0.25, 0.3) is 22.5 Å². The number of benzene rings is 3. The van der Waals surface area contributed by atoms with Crippen molar-refractivity contribution < 1.29 is 14.3 Å². The van der Waals surface area contributed by atoms with E-state index in [0.29, 0.717) is 33.0 Å². The molecule has 1 N–H and O–H groups in total. The fourth-order valence-corrected chi connectivity index (χ4v) is 4.30. The molecule has 3 aromatic carbocycles. The van der Waals surface area contributed by atoms with Crippen LogP contribution in [0.5, 0.6) is 11.5 Å². The van der Waals surface area contributed by atoms with Crippen molar-refractivity contribution in [3.63, 3.8) is 0 Å². The van der Waals surface area contributed by atoms with Gasteiger partial charge in [-0.3, -0.25) is 4.79 Å². The largest absolute Gasteiger partial charge is 0.497 e. The maximum atomic E-state index is 12.4. The van der Waals surface area contributed by atoms with Crippen LogP contribution in [0, 0.1) is 6.92 Å². The van der Waals surface area contributed by atoms with Gasteiger partial charge in [0.25, 0.3) is 0 Å². The minimum Gasteiger partial charge on any atom is -0.497 e. The quantitative estimate of drug-likeness (QED) is 0.259. The molecule has 7 nitrogen and oxygen atoms in total. The molecule has 0 aliphatic heterocycles. The molecule has 1 aromatic heterocycles. The Morgan fingerprint density at radius 1 is 0.889 bits per heavy atom. The Morgan fingerprint density at radius 3 is 2.08 bits per heavy atom. The first-order valence-electron chi connectivity index (χ1n) is 11.2. The Hall–Kier alpha value is -3.62. The lowest BCUT2D eigenvalue weighted by atomic mass is 10.0. The molecule has 184 valence electrons. The van der Waals surface area contributed by atoms with E-state index in [-0.39, 0.29) is 12.3 Å². The molecular weight excluding hydrogens is 496 g/mol. The average Bonchev–Trinajstić information content (AvgIpc) is 2.91. The standard InChI is InChI=1S/C27H25ClN4O3S/c1-17-4-9-20(16-23(17)28)29-24(33)14-15-36-27-30-25(18-5-10-21(34-2)11-6-18)26(31-32-27)19-7-12-22(35-3)13-8-19/h4-13,16H,14-15H2,1-3H3,(H,29,33). The molecule has 0 saturated carbocycles. The summed E-state index contributed by atoms with van der Waals surface area (Å²) in [6.45, 7) is 1.92. The van der Waals surface area contributed by atoms with E-state index < -0.39 is 0 Å². The van der Waals surface area contributed by atoms with Crippen LogP contribution >= 0.6 is 23.4 Å². The highest BCUT2D eigenvalue weighted by molar-refractivity contribution is 7.99. The maximum Gasteiger partial charge on any atom is 0.225 e. The first kappa shape index (κ1) is 25.5. The predicted octanol–water partition coefficient (Wildman–Crippen LogP) is 6.31. The number of anilines is 1. The van der Waals surface area contributed by atoms with Gasteiger partial charge in [-0.25, -0.2) is 4.98 Å². The first-order valence-corrected chi connectivity index (χ1v) is 12.6. The van der Waals surface area contributed by atoms with Gasteiger partial charge in [0.15, 0.2) is 0 Å². The monoisotopic (exact) mass is 520 g/mol. The fraction of sp³-hybridized carbons (Fsp3) is 0.185. The van der Waals surface area contributed by atoms with E-state index in [4.69, 9.17) is 26.1 Å². The zero-order chi connectivity index (χ0) is 25.5. The van der Waals surface area contributed by atoms with Crippen LogP contribution in [0.15, 0.2) is 71.9 Å². The van der Waals surface area contributed by atoms with Crippen molar-refractivity contribution in [1.82, 2.24) is 15.2 Å². The summed E-state index contributed by atoms with van der Waals surface area (Å²) in [5, 5.41) is 12.8. The highest BCUT2D eigenvalue weighted by atomic mass is 35.5. The number of aromatic nitrogens is 3. The predicted molar refractivity (Wildman–Crippen MR) is 144 cm³/mol. The molecule has 9 heteroatoms. The average molecular weight is 521 g/mol. The summed E-state index contributed by atoms with van der Waals surface area (Å²) >= 11 is 7.52. The summed E-state index contributed by atoms with van der Waals surface area (Å²) in [5.41, 5.74) is 4.73. The molecule has 0 aliphatic carbocycles. The number of ether oxygens (including phenoxy) is 2. The lowest BCUT2D eigenvalue weighted by Crippen LogP contribution is -2.12. The van der Waals surface area contributed by atoms with Gasteiger partial charge in [0.1, 0.15) is 22.9 Å². The van der Waals surface area contributed by atoms with Gasteiger partial charge in [-0.15, -0.1) is 10.2 Å². The van der Waals surface area contributed by atoms with Crippen LogP contribution in [0.2, 0.25) is 5.02 Å². The minimum atomic E-state index is -0.111. The maximum absolute atomic E-state index is 12.4. The van der Waals surface area contributed by atoms with E-state index in [9.17, 15) is 4.79 Å². The van der Waals surface area contributed by atoms with Crippen molar-refractivity contribution in [3.05, 3.63) is 77.3 Å². The number of rotatable bonds is 9. The van der Waals surface area contributed by atoms with Gasteiger partial charge in [0.2, 0.25) is 11.1 Å². The highest BCUT2D eigenvalue weighted by Gasteiger charge is 2.15. The molecular formula is C27H25ClN4O3S. The molecule has 4 rings (SSSR count). The Kier molecular flexibility index (Phi) is 8.40. The third-order valence-electron chi connectivity index (χ3n) is 5.41. The summed E-state index contributed by atoms with van der Waals surface area (Å²) in [5.74, 6) is 1.89.